The predicted octanol–water partition coefficient (Wildman–Crippen LogP) is 3.56. The lowest BCUT2D eigenvalue weighted by Gasteiger charge is -2.34. The molecule has 3 aromatic rings. The Balaban J connectivity index is 1.46. The van der Waals surface area contributed by atoms with Gasteiger partial charge in [0.2, 0.25) is 17.5 Å². The maximum Gasteiger partial charge on any atom is 0.289 e. The van der Waals surface area contributed by atoms with Crippen LogP contribution in [0.3, 0.4) is 0 Å². The summed E-state index contributed by atoms with van der Waals surface area (Å²) < 4.78 is 16.7. The molecule has 1 aliphatic rings. The third kappa shape index (κ3) is 4.01. The van der Waals surface area contributed by atoms with Crippen molar-refractivity contribution in [1.29, 1.82) is 5.26 Å². The third-order valence-corrected chi connectivity index (χ3v) is 4.88. The second kappa shape index (κ2) is 8.74. The van der Waals surface area contributed by atoms with Gasteiger partial charge in [-0.25, -0.2) is 0 Å². The highest BCUT2D eigenvalue weighted by atomic mass is 16.5. The maximum atomic E-state index is 12.4. The van der Waals surface area contributed by atoms with Crippen LogP contribution in [0.2, 0.25) is 0 Å². The summed E-state index contributed by atoms with van der Waals surface area (Å²) in [6.07, 6.45) is 2.43. The number of nitrogens with zero attached hydrogens (tertiary/aromatic N) is 4. The molecule has 1 amide bonds. The van der Waals surface area contributed by atoms with Gasteiger partial charge in [0.05, 0.1) is 12.9 Å². The Bertz CT molecular complexity index is 1030. The van der Waals surface area contributed by atoms with E-state index in [1.165, 1.54) is 6.26 Å². The molecule has 30 heavy (non-hydrogen) atoms. The van der Waals surface area contributed by atoms with Crippen LogP contribution in [-0.4, -0.2) is 48.6 Å². The standard InChI is InChI=1S/C22H22N4O4/c1-2-13-28-17-7-5-16(6-8-17)20-24-18(15-23)22(30-20)26-11-9-25(10-12-26)21(27)19-4-3-14-29-19/h3-8,14H,2,9-13H2,1H3. The van der Waals surface area contributed by atoms with Crippen molar-refractivity contribution in [3.63, 3.8) is 0 Å². The van der Waals surface area contributed by atoms with E-state index in [0.29, 0.717) is 50.3 Å². The number of hydrogen-bond acceptors (Lipinski definition) is 7. The fourth-order valence-corrected chi connectivity index (χ4v) is 3.31. The van der Waals surface area contributed by atoms with E-state index >= 15 is 0 Å². The van der Waals surface area contributed by atoms with Crippen LogP contribution < -0.4 is 9.64 Å². The number of hydrogen-bond donors (Lipinski definition) is 0. The molecular formula is C22H22N4O4. The summed E-state index contributed by atoms with van der Waals surface area (Å²) in [6.45, 7) is 4.81. The summed E-state index contributed by atoms with van der Waals surface area (Å²) in [7, 11) is 0. The van der Waals surface area contributed by atoms with Crippen LogP contribution in [0.5, 0.6) is 5.75 Å². The molecule has 1 fully saturated rings. The fourth-order valence-electron chi connectivity index (χ4n) is 3.31. The molecule has 0 unspecified atom stereocenters. The Morgan fingerprint density at radius 1 is 1.20 bits per heavy atom. The number of piperazine rings is 1. The molecule has 1 aromatic carbocycles. The molecule has 0 bridgehead atoms. The highest BCUT2D eigenvalue weighted by molar-refractivity contribution is 5.91. The molecule has 0 radical (unpaired) electrons. The minimum absolute atomic E-state index is 0.135. The third-order valence-electron chi connectivity index (χ3n) is 4.88. The maximum absolute atomic E-state index is 12.4. The Kier molecular flexibility index (Phi) is 5.70. The van der Waals surface area contributed by atoms with E-state index in [9.17, 15) is 10.1 Å². The average Bonchev–Trinajstić information content (AvgIpc) is 3.48. The molecule has 2 aromatic heterocycles. The largest absolute Gasteiger partial charge is 0.494 e. The quantitative estimate of drug-likeness (QED) is 0.617. The van der Waals surface area contributed by atoms with Crippen LogP contribution in [0.4, 0.5) is 5.88 Å². The SMILES string of the molecule is CCCOc1ccc(-c2nc(C#N)c(N3CCN(C(=O)c4ccco4)CC3)o2)cc1. The number of carbonyl (C=O) groups excluding carboxylic acids is 1. The monoisotopic (exact) mass is 406 g/mol. The summed E-state index contributed by atoms with van der Waals surface area (Å²) in [5.74, 6) is 1.80. The number of nitriles is 1. The zero-order valence-corrected chi connectivity index (χ0v) is 16.7. The van der Waals surface area contributed by atoms with Crippen molar-refractivity contribution < 1.29 is 18.4 Å². The van der Waals surface area contributed by atoms with Gasteiger partial charge in [0.25, 0.3) is 5.91 Å². The van der Waals surface area contributed by atoms with Crippen molar-refractivity contribution >= 4 is 11.8 Å². The lowest BCUT2D eigenvalue weighted by molar-refractivity contribution is 0.0713. The number of oxazole rings is 1. The number of aromatic nitrogens is 1. The number of carbonyl (C=O) groups is 1. The summed E-state index contributed by atoms with van der Waals surface area (Å²) in [6, 6.07) is 12.9. The molecule has 3 heterocycles. The highest BCUT2D eigenvalue weighted by Gasteiger charge is 2.27. The van der Waals surface area contributed by atoms with Crippen LogP contribution in [0.25, 0.3) is 11.5 Å². The lowest BCUT2D eigenvalue weighted by atomic mass is 10.2. The first-order valence-corrected chi connectivity index (χ1v) is 9.91. The van der Waals surface area contributed by atoms with Crippen molar-refractivity contribution in [1.82, 2.24) is 9.88 Å². The molecule has 8 nitrogen and oxygen atoms in total. The number of furan rings is 1. The van der Waals surface area contributed by atoms with E-state index < -0.39 is 0 Å². The fraction of sp³-hybridized carbons (Fsp3) is 0.318. The molecule has 8 heteroatoms. The predicted molar refractivity (Wildman–Crippen MR) is 109 cm³/mol. The molecule has 4 rings (SSSR count). The zero-order chi connectivity index (χ0) is 20.9. The normalized spacial score (nSPS) is 13.9. The van der Waals surface area contributed by atoms with Gasteiger partial charge in [-0.15, -0.1) is 0 Å². The number of anilines is 1. The minimum Gasteiger partial charge on any atom is -0.494 e. The van der Waals surface area contributed by atoms with Crippen LogP contribution >= 0.6 is 0 Å². The highest BCUT2D eigenvalue weighted by Crippen LogP contribution is 2.30. The smallest absolute Gasteiger partial charge is 0.289 e. The van der Waals surface area contributed by atoms with E-state index in [-0.39, 0.29) is 11.6 Å². The van der Waals surface area contributed by atoms with Gasteiger partial charge < -0.3 is 23.4 Å². The molecule has 1 saturated heterocycles. The van der Waals surface area contributed by atoms with Crippen molar-refractivity contribution in [2.75, 3.05) is 37.7 Å². The van der Waals surface area contributed by atoms with Crippen molar-refractivity contribution in [2.45, 2.75) is 13.3 Å². The van der Waals surface area contributed by atoms with Crippen LogP contribution in [0.1, 0.15) is 29.6 Å². The second-order valence-electron chi connectivity index (χ2n) is 6.91. The Morgan fingerprint density at radius 3 is 2.60 bits per heavy atom. The molecule has 0 atom stereocenters. The van der Waals surface area contributed by atoms with E-state index in [1.54, 1.807) is 17.0 Å². The van der Waals surface area contributed by atoms with Crippen molar-refractivity contribution in [3.05, 3.63) is 54.1 Å². The summed E-state index contributed by atoms with van der Waals surface area (Å²) >= 11 is 0. The van der Waals surface area contributed by atoms with Gasteiger partial charge in [-0.05, 0) is 42.8 Å². The Labute approximate surface area is 174 Å². The molecule has 154 valence electrons. The Hall–Kier alpha value is -3.73. The number of rotatable bonds is 6. The lowest BCUT2D eigenvalue weighted by Crippen LogP contribution is -2.48. The first kappa shape index (κ1) is 19.6. The van der Waals surface area contributed by atoms with Gasteiger partial charge in [-0.3, -0.25) is 4.79 Å². The van der Waals surface area contributed by atoms with Crippen LogP contribution in [-0.2, 0) is 0 Å². The van der Waals surface area contributed by atoms with E-state index in [0.717, 1.165) is 17.7 Å². The minimum atomic E-state index is -0.135. The molecule has 0 aliphatic carbocycles. The van der Waals surface area contributed by atoms with E-state index in [1.807, 2.05) is 29.2 Å². The van der Waals surface area contributed by atoms with Gasteiger partial charge in [-0.1, -0.05) is 6.92 Å². The van der Waals surface area contributed by atoms with Crippen molar-refractivity contribution in [3.8, 4) is 23.3 Å². The van der Waals surface area contributed by atoms with Crippen LogP contribution in [0, 0.1) is 11.3 Å². The topological polar surface area (TPSA) is 95.7 Å². The van der Waals surface area contributed by atoms with Gasteiger partial charge in [-0.2, -0.15) is 10.2 Å². The van der Waals surface area contributed by atoms with E-state index in [4.69, 9.17) is 13.6 Å². The van der Waals surface area contributed by atoms with Gasteiger partial charge in [0.1, 0.15) is 11.8 Å². The first-order valence-electron chi connectivity index (χ1n) is 9.91. The zero-order valence-electron chi connectivity index (χ0n) is 16.7. The summed E-state index contributed by atoms with van der Waals surface area (Å²) in [4.78, 5) is 20.5. The second-order valence-corrected chi connectivity index (χ2v) is 6.91. The summed E-state index contributed by atoms with van der Waals surface area (Å²) in [5, 5.41) is 9.52. The first-order chi connectivity index (χ1) is 14.7. The molecule has 0 spiro atoms. The molecule has 0 saturated carbocycles. The average molecular weight is 406 g/mol. The van der Waals surface area contributed by atoms with Gasteiger partial charge >= 0.3 is 0 Å². The van der Waals surface area contributed by atoms with Crippen molar-refractivity contribution in [2.24, 2.45) is 0 Å². The summed E-state index contributed by atoms with van der Waals surface area (Å²) in [5.41, 5.74) is 1.01. The molecule has 0 N–H and O–H groups in total. The van der Waals surface area contributed by atoms with E-state index in [2.05, 4.69) is 18.0 Å². The van der Waals surface area contributed by atoms with Gasteiger partial charge in [0.15, 0.2) is 5.76 Å². The number of amides is 1. The Morgan fingerprint density at radius 2 is 1.97 bits per heavy atom. The number of benzene rings is 1. The van der Waals surface area contributed by atoms with Crippen LogP contribution in [0.15, 0.2) is 51.5 Å². The number of ether oxygens (including phenoxy) is 1. The van der Waals surface area contributed by atoms with Gasteiger partial charge in [0, 0.05) is 31.7 Å². The molecular weight excluding hydrogens is 384 g/mol. The molecule has 1 aliphatic heterocycles.